The summed E-state index contributed by atoms with van der Waals surface area (Å²) in [7, 11) is 0. The van der Waals surface area contributed by atoms with Gasteiger partial charge in [-0.05, 0) is 41.3 Å². The van der Waals surface area contributed by atoms with Gasteiger partial charge in [-0.15, -0.1) is 0 Å². The average Bonchev–Trinajstić information content (AvgIpc) is 2.86. The summed E-state index contributed by atoms with van der Waals surface area (Å²) in [6.07, 6.45) is 0.831. The van der Waals surface area contributed by atoms with Gasteiger partial charge in [0.2, 0.25) is 0 Å². The van der Waals surface area contributed by atoms with Crippen molar-refractivity contribution in [2.45, 2.75) is 12.5 Å². The standard InChI is InChI=1S/C23H18N2O2/c26-22-18-10-4-5-11-19(18)23(27)25(22)14-21-17-9-3-1-7-15(17)13-16-8-2-6-12-20(16)24-21/h1-12,21,24H,13-14H2. The van der Waals surface area contributed by atoms with Gasteiger partial charge in [-0.25, -0.2) is 0 Å². The van der Waals surface area contributed by atoms with Crippen molar-refractivity contribution >= 4 is 17.5 Å². The van der Waals surface area contributed by atoms with Crippen LogP contribution in [0.25, 0.3) is 0 Å². The minimum absolute atomic E-state index is 0.146. The van der Waals surface area contributed by atoms with Gasteiger partial charge < -0.3 is 5.32 Å². The number of carbonyl (C=O) groups is 2. The molecular formula is C23H18N2O2. The molecule has 2 aliphatic rings. The van der Waals surface area contributed by atoms with E-state index in [1.165, 1.54) is 16.0 Å². The summed E-state index contributed by atoms with van der Waals surface area (Å²) >= 11 is 0. The van der Waals surface area contributed by atoms with Crippen LogP contribution >= 0.6 is 0 Å². The first kappa shape index (κ1) is 15.8. The molecule has 5 rings (SSSR count). The summed E-state index contributed by atoms with van der Waals surface area (Å²) in [5.74, 6) is -0.431. The number of para-hydroxylation sites is 1. The number of benzene rings is 3. The fourth-order valence-corrected chi connectivity index (χ4v) is 4.05. The van der Waals surface area contributed by atoms with E-state index in [0.29, 0.717) is 17.7 Å². The van der Waals surface area contributed by atoms with E-state index in [1.807, 2.05) is 24.3 Å². The lowest BCUT2D eigenvalue weighted by atomic mass is 9.97. The molecule has 2 aliphatic heterocycles. The summed E-state index contributed by atoms with van der Waals surface area (Å²) in [5, 5.41) is 3.56. The van der Waals surface area contributed by atoms with Crippen LogP contribution in [0.1, 0.15) is 43.4 Å². The average molecular weight is 354 g/mol. The van der Waals surface area contributed by atoms with Crippen molar-refractivity contribution in [2.24, 2.45) is 0 Å². The van der Waals surface area contributed by atoms with E-state index < -0.39 is 0 Å². The van der Waals surface area contributed by atoms with E-state index in [1.54, 1.807) is 24.3 Å². The zero-order chi connectivity index (χ0) is 18.4. The number of anilines is 1. The summed E-state index contributed by atoms with van der Waals surface area (Å²) in [6.45, 7) is 0.303. The molecule has 0 bridgehead atoms. The van der Waals surface area contributed by atoms with Gasteiger partial charge in [0.05, 0.1) is 23.7 Å². The van der Waals surface area contributed by atoms with Crippen LogP contribution in [0.5, 0.6) is 0 Å². The van der Waals surface area contributed by atoms with E-state index in [2.05, 4.69) is 29.6 Å². The number of imide groups is 1. The lowest BCUT2D eigenvalue weighted by molar-refractivity contribution is 0.0648. The van der Waals surface area contributed by atoms with E-state index in [9.17, 15) is 9.59 Å². The van der Waals surface area contributed by atoms with Crippen molar-refractivity contribution in [2.75, 3.05) is 11.9 Å². The summed E-state index contributed by atoms with van der Waals surface area (Å²) < 4.78 is 0. The van der Waals surface area contributed by atoms with E-state index in [0.717, 1.165) is 17.7 Å². The van der Waals surface area contributed by atoms with Gasteiger partial charge in [-0.1, -0.05) is 54.6 Å². The molecule has 4 heteroatoms. The van der Waals surface area contributed by atoms with E-state index in [4.69, 9.17) is 0 Å². The highest BCUT2D eigenvalue weighted by atomic mass is 16.2. The SMILES string of the molecule is O=C1c2ccccc2C(=O)N1CC1Nc2ccccc2Cc2ccccc21. The molecule has 27 heavy (non-hydrogen) atoms. The highest BCUT2D eigenvalue weighted by Gasteiger charge is 2.37. The zero-order valence-electron chi connectivity index (χ0n) is 14.7. The smallest absolute Gasteiger partial charge is 0.261 e. The Morgan fingerprint density at radius 1 is 0.778 bits per heavy atom. The maximum absolute atomic E-state index is 12.8. The summed E-state index contributed by atoms with van der Waals surface area (Å²) in [4.78, 5) is 27.0. The Morgan fingerprint density at radius 3 is 2.11 bits per heavy atom. The number of rotatable bonds is 2. The molecular weight excluding hydrogens is 336 g/mol. The van der Waals surface area contributed by atoms with Crippen LogP contribution < -0.4 is 5.32 Å². The Hall–Kier alpha value is -3.40. The van der Waals surface area contributed by atoms with Crippen molar-refractivity contribution in [3.63, 3.8) is 0 Å². The molecule has 1 unspecified atom stereocenters. The normalized spacial score (nSPS) is 17.6. The van der Waals surface area contributed by atoms with Gasteiger partial charge in [0.25, 0.3) is 11.8 Å². The highest BCUT2D eigenvalue weighted by molar-refractivity contribution is 6.21. The number of hydrogen-bond acceptors (Lipinski definition) is 3. The third-order valence-corrected chi connectivity index (χ3v) is 5.40. The number of amides is 2. The van der Waals surface area contributed by atoms with Crippen LogP contribution in [0.2, 0.25) is 0 Å². The van der Waals surface area contributed by atoms with Crippen LogP contribution in [0.15, 0.2) is 72.8 Å². The van der Waals surface area contributed by atoms with E-state index >= 15 is 0 Å². The van der Waals surface area contributed by atoms with Crippen molar-refractivity contribution in [3.8, 4) is 0 Å². The Morgan fingerprint density at radius 2 is 1.37 bits per heavy atom. The molecule has 0 aliphatic carbocycles. The van der Waals surface area contributed by atoms with Gasteiger partial charge >= 0.3 is 0 Å². The van der Waals surface area contributed by atoms with Gasteiger partial charge in [-0.3, -0.25) is 14.5 Å². The second kappa shape index (κ2) is 6.09. The molecule has 1 N–H and O–H groups in total. The summed E-state index contributed by atoms with van der Waals surface area (Å²) in [5.41, 5.74) is 5.60. The molecule has 132 valence electrons. The molecule has 4 nitrogen and oxygen atoms in total. The molecule has 2 heterocycles. The first-order chi connectivity index (χ1) is 13.2. The minimum Gasteiger partial charge on any atom is -0.376 e. The fourth-order valence-electron chi connectivity index (χ4n) is 4.05. The molecule has 0 saturated carbocycles. The zero-order valence-corrected chi connectivity index (χ0v) is 14.7. The third-order valence-electron chi connectivity index (χ3n) is 5.40. The monoisotopic (exact) mass is 354 g/mol. The topological polar surface area (TPSA) is 49.4 Å². The maximum atomic E-state index is 12.8. The van der Waals surface area contributed by atoms with Crippen molar-refractivity contribution in [1.82, 2.24) is 4.90 Å². The summed E-state index contributed by atoms with van der Waals surface area (Å²) in [6, 6.07) is 23.3. The van der Waals surface area contributed by atoms with Crippen LogP contribution in [-0.2, 0) is 6.42 Å². The molecule has 0 saturated heterocycles. The molecule has 3 aromatic carbocycles. The predicted molar refractivity (Wildman–Crippen MR) is 104 cm³/mol. The van der Waals surface area contributed by atoms with Crippen molar-refractivity contribution in [1.29, 1.82) is 0 Å². The van der Waals surface area contributed by atoms with Gasteiger partial charge in [0, 0.05) is 5.69 Å². The number of carbonyl (C=O) groups excluding carboxylic acids is 2. The van der Waals surface area contributed by atoms with Gasteiger partial charge in [0.1, 0.15) is 0 Å². The molecule has 0 radical (unpaired) electrons. The molecule has 0 fully saturated rings. The molecule has 2 amide bonds. The van der Waals surface area contributed by atoms with E-state index in [-0.39, 0.29) is 17.9 Å². The quantitative estimate of drug-likeness (QED) is 0.707. The Labute approximate surface area is 157 Å². The molecule has 3 aromatic rings. The maximum Gasteiger partial charge on any atom is 0.261 e. The van der Waals surface area contributed by atoms with Crippen LogP contribution in [0, 0.1) is 0 Å². The minimum atomic E-state index is -0.215. The lowest BCUT2D eigenvalue weighted by Gasteiger charge is -2.25. The van der Waals surface area contributed by atoms with Crippen LogP contribution in [-0.4, -0.2) is 23.3 Å². The molecule has 0 spiro atoms. The number of nitrogens with zero attached hydrogens (tertiary/aromatic N) is 1. The van der Waals surface area contributed by atoms with Crippen LogP contribution in [0.4, 0.5) is 5.69 Å². The fraction of sp³-hybridized carbons (Fsp3) is 0.130. The Bertz CT molecular complexity index is 1040. The number of hydrogen-bond donors (Lipinski definition) is 1. The highest BCUT2D eigenvalue weighted by Crippen LogP contribution is 2.34. The Kier molecular flexibility index (Phi) is 3.57. The van der Waals surface area contributed by atoms with Crippen LogP contribution in [0.3, 0.4) is 0 Å². The number of fused-ring (bicyclic) bond motifs is 3. The second-order valence-electron chi connectivity index (χ2n) is 7.00. The van der Waals surface area contributed by atoms with Gasteiger partial charge in [0.15, 0.2) is 0 Å². The van der Waals surface area contributed by atoms with Crippen molar-refractivity contribution in [3.05, 3.63) is 101 Å². The first-order valence-electron chi connectivity index (χ1n) is 9.10. The molecule has 0 aromatic heterocycles. The Balaban J connectivity index is 1.54. The van der Waals surface area contributed by atoms with Gasteiger partial charge in [-0.2, -0.15) is 0 Å². The second-order valence-corrected chi connectivity index (χ2v) is 7.00. The third kappa shape index (κ3) is 2.53. The predicted octanol–water partition coefficient (Wildman–Crippen LogP) is 4.04. The largest absolute Gasteiger partial charge is 0.376 e. The van der Waals surface area contributed by atoms with Crippen molar-refractivity contribution < 1.29 is 9.59 Å². The first-order valence-corrected chi connectivity index (χ1v) is 9.10. The number of nitrogens with one attached hydrogen (secondary N) is 1. The molecule has 1 atom stereocenters. The lowest BCUT2D eigenvalue weighted by Crippen LogP contribution is -2.36.